The number of para-hydroxylation sites is 1. The molecule has 4 bridgehead atoms. The second kappa shape index (κ2) is 5.23. The van der Waals surface area contributed by atoms with Gasteiger partial charge in [-0.1, -0.05) is 25.1 Å². The maximum absolute atomic E-state index is 5.50. The van der Waals surface area contributed by atoms with E-state index in [-0.39, 0.29) is 0 Å². The quantitative estimate of drug-likeness (QED) is 0.799. The Bertz CT molecular complexity index is 554. The van der Waals surface area contributed by atoms with Crippen LogP contribution in [0, 0.1) is 22.7 Å². The van der Waals surface area contributed by atoms with Crippen molar-refractivity contribution in [1.82, 2.24) is 5.32 Å². The van der Waals surface area contributed by atoms with E-state index < -0.39 is 0 Å². The molecule has 2 N–H and O–H groups in total. The normalized spacial score (nSPS) is 38.8. The first-order chi connectivity index (χ1) is 10.5. The molecule has 4 fully saturated rings. The summed E-state index contributed by atoms with van der Waals surface area (Å²) < 4.78 is 0. The van der Waals surface area contributed by atoms with E-state index in [1.807, 2.05) is 18.2 Å². The summed E-state index contributed by atoms with van der Waals surface area (Å²) >= 11 is 5.50. The molecular weight excluding hydrogens is 288 g/mol. The molecule has 0 radical (unpaired) electrons. The van der Waals surface area contributed by atoms with Gasteiger partial charge in [0.05, 0.1) is 0 Å². The fourth-order valence-electron chi connectivity index (χ4n) is 6.10. The first kappa shape index (κ1) is 14.5. The number of nitrogens with one attached hydrogen (secondary N) is 2. The lowest BCUT2D eigenvalue weighted by molar-refractivity contribution is -0.0981. The Morgan fingerprint density at radius 1 is 1.14 bits per heavy atom. The Kier molecular flexibility index (Phi) is 3.44. The number of anilines is 1. The highest BCUT2D eigenvalue weighted by Crippen LogP contribution is 2.64. The van der Waals surface area contributed by atoms with Crippen molar-refractivity contribution < 1.29 is 0 Å². The molecule has 0 aliphatic heterocycles. The first-order valence-corrected chi connectivity index (χ1v) is 9.05. The predicted octanol–water partition coefficient (Wildman–Crippen LogP) is 4.58. The van der Waals surface area contributed by atoms with Crippen LogP contribution in [0.15, 0.2) is 30.3 Å². The molecule has 0 aromatic heterocycles. The molecule has 1 aromatic rings. The minimum Gasteiger partial charge on any atom is -0.362 e. The average molecular weight is 314 g/mol. The number of hydrogen-bond donors (Lipinski definition) is 2. The fourth-order valence-corrected chi connectivity index (χ4v) is 6.29. The van der Waals surface area contributed by atoms with Gasteiger partial charge >= 0.3 is 0 Å². The molecule has 4 saturated carbocycles. The van der Waals surface area contributed by atoms with Crippen LogP contribution in [0.25, 0.3) is 0 Å². The topological polar surface area (TPSA) is 24.1 Å². The van der Waals surface area contributed by atoms with Crippen molar-refractivity contribution in [3.05, 3.63) is 30.3 Å². The van der Waals surface area contributed by atoms with Crippen molar-refractivity contribution in [2.24, 2.45) is 22.7 Å². The summed E-state index contributed by atoms with van der Waals surface area (Å²) in [5, 5.41) is 7.60. The van der Waals surface area contributed by atoms with Gasteiger partial charge in [0, 0.05) is 12.2 Å². The van der Waals surface area contributed by atoms with E-state index in [1.54, 1.807) is 0 Å². The van der Waals surface area contributed by atoms with Crippen LogP contribution in [0.3, 0.4) is 0 Å². The van der Waals surface area contributed by atoms with Gasteiger partial charge in [-0.2, -0.15) is 0 Å². The Labute approximate surface area is 139 Å². The second-order valence-electron chi connectivity index (χ2n) is 8.45. The maximum atomic E-state index is 5.50. The molecular formula is C19H26N2S. The summed E-state index contributed by atoms with van der Waals surface area (Å²) in [6.45, 7) is 3.58. The summed E-state index contributed by atoms with van der Waals surface area (Å²) in [6.07, 6.45) is 8.66. The zero-order valence-corrected chi connectivity index (χ0v) is 14.2. The van der Waals surface area contributed by atoms with Gasteiger partial charge in [-0.3, -0.25) is 0 Å². The predicted molar refractivity (Wildman–Crippen MR) is 95.9 cm³/mol. The second-order valence-corrected chi connectivity index (χ2v) is 8.85. The minimum atomic E-state index is 0.501. The Morgan fingerprint density at radius 3 is 2.45 bits per heavy atom. The molecule has 5 rings (SSSR count). The molecule has 0 spiro atoms. The molecule has 0 heterocycles. The van der Waals surface area contributed by atoms with Crippen molar-refractivity contribution in [2.45, 2.75) is 45.4 Å². The monoisotopic (exact) mass is 314 g/mol. The van der Waals surface area contributed by atoms with E-state index in [0.717, 1.165) is 29.2 Å². The van der Waals surface area contributed by atoms with Gasteiger partial charge < -0.3 is 10.6 Å². The smallest absolute Gasteiger partial charge is 0.170 e. The summed E-state index contributed by atoms with van der Waals surface area (Å²) in [6, 6.07) is 10.2. The molecule has 4 aliphatic carbocycles. The zero-order chi connectivity index (χ0) is 15.2. The molecule has 1 aromatic carbocycles. The van der Waals surface area contributed by atoms with E-state index in [9.17, 15) is 0 Å². The SMILES string of the molecule is CC12C[C@@H]3C[C@@H](C1)CC(CNC(=S)Nc1ccccc1)(C3)C2. The molecule has 2 nitrogen and oxygen atoms in total. The molecule has 4 aliphatic rings. The number of hydrogen-bond acceptors (Lipinski definition) is 1. The minimum absolute atomic E-state index is 0.501. The van der Waals surface area contributed by atoms with Crippen LogP contribution in [0.4, 0.5) is 5.69 Å². The van der Waals surface area contributed by atoms with Crippen LogP contribution in [0.2, 0.25) is 0 Å². The standard InChI is InChI=1S/C19H26N2S/c1-18-8-14-7-15(9-18)11-19(10-14,12-18)13-20-17(22)21-16-5-3-2-4-6-16/h2-6,14-15H,7-13H2,1H3,(H2,20,21,22)/t14-,15-,18?,19?/m0/s1. The van der Waals surface area contributed by atoms with E-state index in [2.05, 4.69) is 29.7 Å². The molecule has 0 unspecified atom stereocenters. The third kappa shape index (κ3) is 2.76. The molecule has 0 saturated heterocycles. The van der Waals surface area contributed by atoms with Crippen molar-refractivity contribution >= 4 is 23.0 Å². The molecule has 0 amide bonds. The van der Waals surface area contributed by atoms with Gasteiger partial charge in [-0.05, 0) is 85.5 Å². The van der Waals surface area contributed by atoms with E-state index in [1.165, 1.54) is 38.5 Å². The van der Waals surface area contributed by atoms with Gasteiger partial charge in [0.25, 0.3) is 0 Å². The number of thiocarbonyl (C=S) groups is 1. The highest BCUT2D eigenvalue weighted by atomic mass is 32.1. The number of benzene rings is 1. The van der Waals surface area contributed by atoms with Crippen molar-refractivity contribution in [3.63, 3.8) is 0 Å². The van der Waals surface area contributed by atoms with E-state index in [4.69, 9.17) is 12.2 Å². The third-order valence-corrected chi connectivity index (χ3v) is 6.38. The number of rotatable bonds is 3. The van der Waals surface area contributed by atoms with E-state index >= 15 is 0 Å². The van der Waals surface area contributed by atoms with Gasteiger partial charge in [-0.25, -0.2) is 0 Å². The lowest BCUT2D eigenvalue weighted by atomic mass is 9.44. The van der Waals surface area contributed by atoms with Crippen LogP contribution in [0.5, 0.6) is 0 Å². The summed E-state index contributed by atoms with van der Waals surface area (Å²) in [4.78, 5) is 0. The van der Waals surface area contributed by atoms with Crippen LogP contribution in [-0.4, -0.2) is 11.7 Å². The Morgan fingerprint density at radius 2 is 1.82 bits per heavy atom. The van der Waals surface area contributed by atoms with Gasteiger partial charge in [0.15, 0.2) is 5.11 Å². The van der Waals surface area contributed by atoms with Gasteiger partial charge in [0.1, 0.15) is 0 Å². The van der Waals surface area contributed by atoms with Crippen LogP contribution in [0.1, 0.15) is 45.4 Å². The van der Waals surface area contributed by atoms with Crippen LogP contribution in [-0.2, 0) is 0 Å². The van der Waals surface area contributed by atoms with Crippen molar-refractivity contribution in [1.29, 1.82) is 0 Å². The largest absolute Gasteiger partial charge is 0.362 e. The zero-order valence-electron chi connectivity index (χ0n) is 13.4. The van der Waals surface area contributed by atoms with Crippen LogP contribution < -0.4 is 10.6 Å². The van der Waals surface area contributed by atoms with Crippen molar-refractivity contribution in [2.75, 3.05) is 11.9 Å². The molecule has 118 valence electrons. The molecule has 3 heteroatoms. The average Bonchev–Trinajstić information content (AvgIpc) is 2.44. The fraction of sp³-hybridized carbons (Fsp3) is 0.632. The van der Waals surface area contributed by atoms with Gasteiger partial charge in [-0.15, -0.1) is 0 Å². The lowest BCUT2D eigenvalue weighted by Crippen LogP contribution is -2.55. The molecule has 2 atom stereocenters. The highest BCUT2D eigenvalue weighted by molar-refractivity contribution is 7.80. The van der Waals surface area contributed by atoms with Crippen LogP contribution >= 0.6 is 12.2 Å². The van der Waals surface area contributed by atoms with Gasteiger partial charge in [0.2, 0.25) is 0 Å². The first-order valence-electron chi connectivity index (χ1n) is 8.64. The van der Waals surface area contributed by atoms with E-state index in [0.29, 0.717) is 10.8 Å². The summed E-state index contributed by atoms with van der Waals surface area (Å²) in [7, 11) is 0. The highest BCUT2D eigenvalue weighted by Gasteiger charge is 2.55. The molecule has 22 heavy (non-hydrogen) atoms. The Hall–Kier alpha value is -1.09. The lowest BCUT2D eigenvalue weighted by Gasteiger charge is -2.61. The summed E-state index contributed by atoms with van der Waals surface area (Å²) in [5.74, 6) is 1.95. The third-order valence-electron chi connectivity index (χ3n) is 6.13. The van der Waals surface area contributed by atoms with Crippen molar-refractivity contribution in [3.8, 4) is 0 Å². The summed E-state index contributed by atoms with van der Waals surface area (Å²) in [5.41, 5.74) is 2.18. The maximum Gasteiger partial charge on any atom is 0.170 e. The Balaban J connectivity index is 1.38.